The third-order valence-electron chi connectivity index (χ3n) is 2.21. The molecule has 0 aromatic rings. The Bertz CT molecular complexity index is 85.6. The second-order valence-electron chi connectivity index (χ2n) is 3.21. The molecule has 0 aliphatic carbocycles. The van der Waals surface area contributed by atoms with E-state index in [1.54, 1.807) is 0 Å². The van der Waals surface area contributed by atoms with Crippen LogP contribution in [0.2, 0.25) is 0 Å². The molecule has 0 saturated carbocycles. The normalized spacial score (nSPS) is 26.5. The van der Waals surface area contributed by atoms with Crippen molar-refractivity contribution in [2.24, 2.45) is 0 Å². The molecule has 1 aliphatic rings. The van der Waals surface area contributed by atoms with Gasteiger partial charge >= 0.3 is 0 Å². The number of hydrogen-bond donors (Lipinski definition) is 1. The zero-order valence-corrected chi connectivity index (χ0v) is 7.09. The summed E-state index contributed by atoms with van der Waals surface area (Å²) in [5.41, 5.74) is 0. The lowest BCUT2D eigenvalue weighted by Gasteiger charge is -2.13. The van der Waals surface area contributed by atoms with Gasteiger partial charge in [0.2, 0.25) is 0 Å². The summed E-state index contributed by atoms with van der Waals surface area (Å²) in [6.07, 6.45) is 7.40. The van der Waals surface area contributed by atoms with E-state index in [0.29, 0.717) is 12.7 Å². The van der Waals surface area contributed by atoms with Crippen LogP contribution in [0.15, 0.2) is 0 Å². The van der Waals surface area contributed by atoms with Crippen LogP contribution < -0.4 is 0 Å². The van der Waals surface area contributed by atoms with Crippen molar-refractivity contribution in [2.75, 3.05) is 13.2 Å². The van der Waals surface area contributed by atoms with E-state index in [-0.39, 0.29) is 0 Å². The predicted octanol–water partition coefficient (Wildman–Crippen LogP) is 1.72. The van der Waals surface area contributed by atoms with Gasteiger partial charge in [0.15, 0.2) is 0 Å². The molecule has 1 N–H and O–H groups in total. The summed E-state index contributed by atoms with van der Waals surface area (Å²) in [6.45, 7) is 1.23. The molecule has 1 saturated heterocycles. The van der Waals surface area contributed by atoms with E-state index in [1.165, 1.54) is 25.7 Å². The molecule has 2 nitrogen and oxygen atoms in total. The third kappa shape index (κ3) is 3.73. The van der Waals surface area contributed by atoms with Crippen LogP contribution in [0.3, 0.4) is 0 Å². The molecular formula is C9H18O2. The minimum atomic E-state index is 0.305. The van der Waals surface area contributed by atoms with Crippen molar-refractivity contribution < 1.29 is 9.84 Å². The highest BCUT2D eigenvalue weighted by Gasteiger charge is 2.11. The fourth-order valence-corrected chi connectivity index (χ4v) is 1.53. The van der Waals surface area contributed by atoms with E-state index in [1.807, 2.05) is 0 Å². The molecule has 1 rings (SSSR count). The summed E-state index contributed by atoms with van der Waals surface area (Å²) in [7, 11) is 0. The summed E-state index contributed by atoms with van der Waals surface area (Å²) in [6, 6.07) is 0. The highest BCUT2D eigenvalue weighted by molar-refractivity contribution is 4.62. The number of ether oxygens (including phenoxy) is 1. The molecule has 1 fully saturated rings. The molecule has 0 aromatic carbocycles. The van der Waals surface area contributed by atoms with Crippen LogP contribution in [0.4, 0.5) is 0 Å². The molecule has 1 atom stereocenters. The number of aliphatic hydroxyl groups is 1. The van der Waals surface area contributed by atoms with Crippen LogP contribution in [0.5, 0.6) is 0 Å². The Kier molecular flexibility index (Phi) is 4.55. The Labute approximate surface area is 68.6 Å². The average molecular weight is 158 g/mol. The molecule has 0 spiro atoms. The van der Waals surface area contributed by atoms with Gasteiger partial charge in [-0.2, -0.15) is 0 Å². The van der Waals surface area contributed by atoms with Crippen LogP contribution in [-0.2, 0) is 4.74 Å². The molecular weight excluding hydrogens is 140 g/mol. The summed E-state index contributed by atoms with van der Waals surface area (Å²) in [5, 5.41) is 8.61. The van der Waals surface area contributed by atoms with Crippen LogP contribution in [0.25, 0.3) is 0 Å². The number of hydrogen-bond acceptors (Lipinski definition) is 2. The molecule has 1 heterocycles. The van der Waals surface area contributed by atoms with Gasteiger partial charge in [-0.25, -0.2) is 0 Å². The highest BCUT2D eigenvalue weighted by Crippen LogP contribution is 2.16. The topological polar surface area (TPSA) is 29.5 Å². The lowest BCUT2D eigenvalue weighted by molar-refractivity contribution is 0.0480. The Morgan fingerprint density at radius 3 is 3.00 bits per heavy atom. The average Bonchev–Trinajstić information content (AvgIpc) is 2.28. The van der Waals surface area contributed by atoms with Crippen molar-refractivity contribution in [2.45, 2.75) is 44.6 Å². The van der Waals surface area contributed by atoms with Gasteiger partial charge in [-0.15, -0.1) is 0 Å². The standard InChI is InChI=1S/C9H18O2/c10-7-4-6-9-5-2-1-3-8-11-9/h9-10H,1-8H2. The zero-order valence-electron chi connectivity index (χ0n) is 7.09. The van der Waals surface area contributed by atoms with E-state index >= 15 is 0 Å². The van der Waals surface area contributed by atoms with E-state index in [9.17, 15) is 0 Å². The second-order valence-corrected chi connectivity index (χ2v) is 3.21. The Hall–Kier alpha value is -0.0800. The van der Waals surface area contributed by atoms with Crippen LogP contribution >= 0.6 is 0 Å². The van der Waals surface area contributed by atoms with Crippen molar-refractivity contribution in [3.63, 3.8) is 0 Å². The molecule has 0 bridgehead atoms. The number of rotatable bonds is 3. The van der Waals surface area contributed by atoms with Crippen LogP contribution in [0.1, 0.15) is 38.5 Å². The van der Waals surface area contributed by atoms with Crippen molar-refractivity contribution in [1.29, 1.82) is 0 Å². The van der Waals surface area contributed by atoms with E-state index in [2.05, 4.69) is 0 Å². The lowest BCUT2D eigenvalue weighted by atomic mass is 10.1. The van der Waals surface area contributed by atoms with Gasteiger partial charge in [0.05, 0.1) is 6.10 Å². The van der Waals surface area contributed by atoms with Crippen molar-refractivity contribution in [3.05, 3.63) is 0 Å². The first-order valence-corrected chi connectivity index (χ1v) is 4.66. The summed E-state index contributed by atoms with van der Waals surface area (Å²) in [4.78, 5) is 0. The van der Waals surface area contributed by atoms with E-state index < -0.39 is 0 Å². The Morgan fingerprint density at radius 2 is 2.18 bits per heavy atom. The van der Waals surface area contributed by atoms with Gasteiger partial charge in [0, 0.05) is 13.2 Å². The Balaban J connectivity index is 2.09. The minimum absolute atomic E-state index is 0.305. The van der Waals surface area contributed by atoms with E-state index in [0.717, 1.165) is 19.4 Å². The van der Waals surface area contributed by atoms with Crippen molar-refractivity contribution >= 4 is 0 Å². The zero-order chi connectivity index (χ0) is 7.94. The van der Waals surface area contributed by atoms with Gasteiger partial charge in [0.25, 0.3) is 0 Å². The maximum absolute atomic E-state index is 8.61. The molecule has 0 amide bonds. The molecule has 66 valence electrons. The first-order chi connectivity index (χ1) is 5.43. The third-order valence-corrected chi connectivity index (χ3v) is 2.21. The molecule has 11 heavy (non-hydrogen) atoms. The molecule has 1 aliphatic heterocycles. The fraction of sp³-hybridized carbons (Fsp3) is 1.00. The summed E-state index contributed by atoms with van der Waals surface area (Å²) in [5.74, 6) is 0. The first kappa shape index (κ1) is 9.01. The molecule has 2 heteroatoms. The van der Waals surface area contributed by atoms with Crippen LogP contribution in [0, 0.1) is 0 Å². The minimum Gasteiger partial charge on any atom is -0.396 e. The van der Waals surface area contributed by atoms with Gasteiger partial charge < -0.3 is 9.84 Å². The quantitative estimate of drug-likeness (QED) is 0.677. The maximum Gasteiger partial charge on any atom is 0.0576 e. The van der Waals surface area contributed by atoms with Gasteiger partial charge in [-0.05, 0) is 25.7 Å². The van der Waals surface area contributed by atoms with E-state index in [4.69, 9.17) is 9.84 Å². The van der Waals surface area contributed by atoms with Gasteiger partial charge in [-0.3, -0.25) is 0 Å². The fourth-order valence-electron chi connectivity index (χ4n) is 1.53. The molecule has 1 unspecified atom stereocenters. The van der Waals surface area contributed by atoms with Gasteiger partial charge in [-0.1, -0.05) is 12.8 Å². The SMILES string of the molecule is OCCCC1CCCCCO1. The number of aliphatic hydroxyl groups excluding tert-OH is 1. The summed E-state index contributed by atoms with van der Waals surface area (Å²) >= 11 is 0. The molecule has 0 aromatic heterocycles. The predicted molar refractivity (Wildman–Crippen MR) is 44.5 cm³/mol. The second kappa shape index (κ2) is 5.56. The Morgan fingerprint density at radius 1 is 1.27 bits per heavy atom. The summed E-state index contributed by atoms with van der Waals surface area (Å²) < 4.78 is 5.59. The molecule has 0 radical (unpaired) electrons. The first-order valence-electron chi connectivity index (χ1n) is 4.66. The van der Waals surface area contributed by atoms with Crippen molar-refractivity contribution in [1.82, 2.24) is 0 Å². The monoisotopic (exact) mass is 158 g/mol. The maximum atomic E-state index is 8.61. The largest absolute Gasteiger partial charge is 0.396 e. The smallest absolute Gasteiger partial charge is 0.0576 e. The van der Waals surface area contributed by atoms with Gasteiger partial charge in [0.1, 0.15) is 0 Å². The van der Waals surface area contributed by atoms with Crippen LogP contribution in [-0.4, -0.2) is 24.4 Å². The van der Waals surface area contributed by atoms with Crippen molar-refractivity contribution in [3.8, 4) is 0 Å². The lowest BCUT2D eigenvalue weighted by Crippen LogP contribution is -2.11. The highest BCUT2D eigenvalue weighted by atomic mass is 16.5.